The second-order valence-electron chi connectivity index (χ2n) is 4.73. The monoisotopic (exact) mass is 281 g/mol. The van der Waals surface area contributed by atoms with Crippen LogP contribution in [0.3, 0.4) is 0 Å². The molecule has 0 atom stereocenters. The molecule has 0 aromatic carbocycles. The third kappa shape index (κ3) is 1.76. The molecule has 104 valence electrons. The number of nitrogens with two attached hydrogens (primary N) is 1. The van der Waals surface area contributed by atoms with Gasteiger partial charge in [0.05, 0.1) is 11.1 Å². The lowest BCUT2D eigenvalue weighted by atomic mass is 10.2. The van der Waals surface area contributed by atoms with Gasteiger partial charge in [0.15, 0.2) is 0 Å². The van der Waals surface area contributed by atoms with Gasteiger partial charge in [0, 0.05) is 36.6 Å². The van der Waals surface area contributed by atoms with Gasteiger partial charge in [-0.3, -0.25) is 14.9 Å². The van der Waals surface area contributed by atoms with Crippen LogP contribution in [-0.2, 0) is 4.79 Å². The predicted octanol–water partition coefficient (Wildman–Crippen LogP) is 0.573. The van der Waals surface area contributed by atoms with Gasteiger partial charge in [-0.2, -0.15) is 10.2 Å². The van der Waals surface area contributed by atoms with E-state index in [2.05, 4.69) is 25.6 Å². The summed E-state index contributed by atoms with van der Waals surface area (Å²) in [4.78, 5) is 15.3. The second-order valence-corrected chi connectivity index (χ2v) is 4.73. The fourth-order valence-corrected chi connectivity index (χ4v) is 2.32. The van der Waals surface area contributed by atoms with Crippen molar-refractivity contribution in [2.75, 3.05) is 11.9 Å². The van der Waals surface area contributed by atoms with Gasteiger partial charge in [-0.25, -0.2) is 4.68 Å². The molecular weight excluding hydrogens is 270 g/mol. The Morgan fingerprint density at radius 3 is 3.19 bits per heavy atom. The molecule has 4 rings (SSSR count). The molecule has 8 nitrogen and oxygen atoms in total. The van der Waals surface area contributed by atoms with E-state index in [9.17, 15) is 4.79 Å². The summed E-state index contributed by atoms with van der Waals surface area (Å²) in [6, 6.07) is 3.72. The number of pyridine rings is 1. The van der Waals surface area contributed by atoms with Crippen LogP contribution >= 0.6 is 0 Å². The van der Waals surface area contributed by atoms with E-state index in [4.69, 9.17) is 5.73 Å². The van der Waals surface area contributed by atoms with Gasteiger partial charge in [-0.1, -0.05) is 0 Å². The number of hydrogen-bond acceptors (Lipinski definition) is 5. The lowest BCUT2D eigenvalue weighted by Gasteiger charge is -2.13. The molecule has 1 amide bonds. The molecule has 0 spiro atoms. The average Bonchev–Trinajstić information content (AvgIpc) is 3.09. The molecule has 0 saturated heterocycles. The number of rotatable bonds is 2. The number of aromatic nitrogens is 5. The van der Waals surface area contributed by atoms with Crippen LogP contribution in [0.2, 0.25) is 0 Å². The summed E-state index contributed by atoms with van der Waals surface area (Å²) in [6.45, 7) is 0.392. The van der Waals surface area contributed by atoms with Gasteiger partial charge in [-0.15, -0.1) is 0 Å². The number of H-pyrrole nitrogens is 1. The summed E-state index contributed by atoms with van der Waals surface area (Å²) in [6.07, 6.45) is 5.07. The van der Waals surface area contributed by atoms with Crippen molar-refractivity contribution in [1.29, 1.82) is 0 Å². The molecule has 0 saturated carbocycles. The molecule has 0 unspecified atom stereocenters. The Morgan fingerprint density at radius 2 is 2.33 bits per heavy atom. The molecule has 0 fully saturated rings. The van der Waals surface area contributed by atoms with E-state index in [1.54, 1.807) is 23.3 Å². The number of nitrogens with zero attached hydrogens (tertiary/aromatic N) is 4. The van der Waals surface area contributed by atoms with Crippen LogP contribution in [0.5, 0.6) is 0 Å². The molecule has 0 bridgehead atoms. The van der Waals surface area contributed by atoms with Crippen LogP contribution in [0, 0.1) is 0 Å². The van der Waals surface area contributed by atoms with Crippen LogP contribution in [0.1, 0.15) is 0 Å². The van der Waals surface area contributed by atoms with Crippen molar-refractivity contribution < 1.29 is 4.79 Å². The van der Waals surface area contributed by atoms with Crippen molar-refractivity contribution in [1.82, 2.24) is 25.0 Å². The first-order chi connectivity index (χ1) is 10.2. The highest BCUT2D eigenvalue weighted by molar-refractivity contribution is 5.97. The number of hydrogen-bond donors (Lipinski definition) is 3. The summed E-state index contributed by atoms with van der Waals surface area (Å²) >= 11 is 0. The minimum absolute atomic E-state index is 0.392. The molecule has 0 radical (unpaired) electrons. The van der Waals surface area contributed by atoms with Crippen LogP contribution < -0.4 is 11.1 Å². The number of carbonyl (C=O) groups is 1. The van der Waals surface area contributed by atoms with E-state index in [0.717, 1.165) is 22.4 Å². The minimum atomic E-state index is -0.459. The van der Waals surface area contributed by atoms with Crippen LogP contribution in [0.4, 0.5) is 5.82 Å². The third-order valence-corrected chi connectivity index (χ3v) is 3.40. The number of anilines is 1. The van der Waals surface area contributed by atoms with Crippen molar-refractivity contribution in [2.24, 2.45) is 5.73 Å². The summed E-state index contributed by atoms with van der Waals surface area (Å²) in [5, 5.41) is 15.7. The molecule has 1 aliphatic heterocycles. The molecule has 0 aliphatic carbocycles. The zero-order valence-electron chi connectivity index (χ0n) is 10.9. The van der Waals surface area contributed by atoms with E-state index in [-0.39, 0.29) is 0 Å². The first-order valence-corrected chi connectivity index (χ1v) is 6.35. The first kappa shape index (κ1) is 11.6. The van der Waals surface area contributed by atoms with Gasteiger partial charge in [0.25, 0.3) is 0 Å². The highest BCUT2D eigenvalue weighted by Crippen LogP contribution is 2.28. The molecule has 21 heavy (non-hydrogen) atoms. The van der Waals surface area contributed by atoms with E-state index in [1.807, 2.05) is 12.1 Å². The van der Waals surface area contributed by atoms with Gasteiger partial charge in [-0.05, 0) is 6.07 Å². The smallest absolute Gasteiger partial charge is 0.247 e. The Kier molecular flexibility index (Phi) is 2.31. The summed E-state index contributed by atoms with van der Waals surface area (Å²) < 4.78 is 1.59. The molecule has 4 N–H and O–H groups in total. The van der Waals surface area contributed by atoms with Gasteiger partial charge < -0.3 is 11.1 Å². The summed E-state index contributed by atoms with van der Waals surface area (Å²) in [5.41, 5.74) is 8.07. The van der Waals surface area contributed by atoms with Gasteiger partial charge in [0.2, 0.25) is 5.91 Å². The quantitative estimate of drug-likeness (QED) is 0.635. The van der Waals surface area contributed by atoms with Crippen molar-refractivity contribution in [2.45, 2.75) is 0 Å². The number of fused-ring (bicyclic) bond motifs is 2. The third-order valence-electron chi connectivity index (χ3n) is 3.40. The molecule has 4 heterocycles. The highest BCUT2D eigenvalue weighted by atomic mass is 16.1. The van der Waals surface area contributed by atoms with Crippen molar-refractivity contribution in [3.63, 3.8) is 0 Å². The van der Waals surface area contributed by atoms with Crippen LogP contribution in [-0.4, -0.2) is 37.4 Å². The lowest BCUT2D eigenvalue weighted by molar-refractivity contribution is -0.114. The maximum atomic E-state index is 11.2. The molecule has 1 aliphatic rings. The van der Waals surface area contributed by atoms with Crippen LogP contribution in [0.25, 0.3) is 28.5 Å². The maximum Gasteiger partial charge on any atom is 0.247 e. The zero-order valence-corrected chi connectivity index (χ0v) is 10.9. The fraction of sp³-hybridized carbons (Fsp3) is 0.0769. The summed E-state index contributed by atoms with van der Waals surface area (Å²) in [5.74, 6) is 0.328. The Hall–Kier alpha value is -3.16. The van der Waals surface area contributed by atoms with Crippen LogP contribution in [0.15, 0.2) is 30.1 Å². The van der Waals surface area contributed by atoms with Gasteiger partial charge in [0.1, 0.15) is 17.2 Å². The topological polar surface area (TPSA) is 115 Å². The number of aromatic amines is 1. The Morgan fingerprint density at radius 1 is 1.43 bits per heavy atom. The molecule has 3 aromatic rings. The van der Waals surface area contributed by atoms with Gasteiger partial charge >= 0.3 is 0 Å². The Bertz CT molecular complexity index is 889. The van der Waals surface area contributed by atoms with E-state index < -0.39 is 5.91 Å². The lowest BCUT2D eigenvalue weighted by Crippen LogP contribution is -2.24. The zero-order chi connectivity index (χ0) is 14.4. The fourth-order valence-electron chi connectivity index (χ4n) is 2.32. The summed E-state index contributed by atoms with van der Waals surface area (Å²) in [7, 11) is 0. The Labute approximate surface area is 118 Å². The molecular formula is C13H11N7O. The minimum Gasteiger partial charge on any atom is -0.366 e. The van der Waals surface area contributed by atoms with E-state index in [1.165, 1.54) is 0 Å². The number of nitrogens with one attached hydrogen (secondary N) is 2. The predicted molar refractivity (Wildman–Crippen MR) is 77.1 cm³/mol. The van der Waals surface area contributed by atoms with E-state index >= 15 is 0 Å². The SMILES string of the molecule is NC(=O)C1=Cn2nc(-c3n[nH]c4ccncc34)cc2NC1. The second kappa shape index (κ2) is 4.17. The first-order valence-electron chi connectivity index (χ1n) is 6.35. The Balaban J connectivity index is 1.84. The van der Waals surface area contributed by atoms with Crippen molar-refractivity contribution in [3.05, 3.63) is 30.1 Å². The normalized spacial score (nSPS) is 13.6. The standard InChI is InChI=1S/C13H11N7O/c14-13(21)7-4-16-11-3-10(19-20(11)6-7)12-8-5-15-2-1-9(8)17-18-12/h1-3,5-6,16H,4H2,(H2,14,21)(H,17,18). The number of carbonyl (C=O) groups excluding carboxylic acids is 1. The van der Waals surface area contributed by atoms with Crippen molar-refractivity contribution in [3.8, 4) is 11.4 Å². The number of amides is 1. The largest absolute Gasteiger partial charge is 0.366 e. The molecule has 3 aromatic heterocycles. The van der Waals surface area contributed by atoms with E-state index in [0.29, 0.717) is 17.8 Å². The highest BCUT2D eigenvalue weighted by Gasteiger charge is 2.18. The number of primary amides is 1. The van der Waals surface area contributed by atoms with Crippen molar-refractivity contribution >= 4 is 28.8 Å². The maximum absolute atomic E-state index is 11.2. The molecule has 8 heteroatoms. The average molecular weight is 281 g/mol.